The largest absolute Gasteiger partial charge is 0.351 e. The van der Waals surface area contributed by atoms with Crippen molar-refractivity contribution in [2.45, 2.75) is 38.5 Å². The third-order valence-electron chi connectivity index (χ3n) is 4.90. The van der Waals surface area contributed by atoms with Crippen LogP contribution in [0.4, 0.5) is 0 Å². The number of halogens is 1. The molecule has 1 amide bonds. The summed E-state index contributed by atoms with van der Waals surface area (Å²) in [5.41, 5.74) is 1.92. The van der Waals surface area contributed by atoms with Gasteiger partial charge in [-0.2, -0.15) is 4.31 Å². The van der Waals surface area contributed by atoms with Gasteiger partial charge < -0.3 is 10.6 Å². The summed E-state index contributed by atoms with van der Waals surface area (Å²) in [5, 5.41) is 5.76. The van der Waals surface area contributed by atoms with Crippen LogP contribution in [0, 0.1) is 19.8 Å². The summed E-state index contributed by atoms with van der Waals surface area (Å²) in [6, 6.07) is 3.27. The highest BCUT2D eigenvalue weighted by Crippen LogP contribution is 2.27. The van der Waals surface area contributed by atoms with E-state index < -0.39 is 10.0 Å². The van der Waals surface area contributed by atoms with Crippen molar-refractivity contribution in [1.29, 1.82) is 0 Å². The normalized spacial score (nSPS) is 16.2. The van der Waals surface area contributed by atoms with Gasteiger partial charge in [-0.1, -0.05) is 6.92 Å². The molecular weight excluding hydrogens is 374 g/mol. The van der Waals surface area contributed by atoms with Gasteiger partial charge in [0.15, 0.2) is 0 Å². The van der Waals surface area contributed by atoms with Crippen molar-refractivity contribution in [3.05, 3.63) is 28.8 Å². The Labute approximate surface area is 163 Å². The first-order valence-corrected chi connectivity index (χ1v) is 10.3. The molecule has 1 aromatic carbocycles. The molecule has 1 fully saturated rings. The second kappa shape index (κ2) is 9.69. The van der Waals surface area contributed by atoms with Gasteiger partial charge in [0.2, 0.25) is 10.0 Å². The zero-order valence-corrected chi connectivity index (χ0v) is 17.6. The molecule has 0 aromatic heterocycles. The van der Waals surface area contributed by atoms with E-state index >= 15 is 0 Å². The number of piperidine rings is 1. The third kappa shape index (κ3) is 5.19. The van der Waals surface area contributed by atoms with Crippen molar-refractivity contribution in [2.24, 2.45) is 5.92 Å². The van der Waals surface area contributed by atoms with Gasteiger partial charge in [0.1, 0.15) is 0 Å². The molecule has 148 valence electrons. The highest BCUT2D eigenvalue weighted by atomic mass is 35.5. The van der Waals surface area contributed by atoms with Crippen LogP contribution in [0.1, 0.15) is 41.3 Å². The Hall–Kier alpha value is -1.15. The Morgan fingerprint density at radius 2 is 1.81 bits per heavy atom. The average molecular weight is 404 g/mol. The fourth-order valence-corrected chi connectivity index (χ4v) is 4.79. The number of benzene rings is 1. The highest BCUT2D eigenvalue weighted by molar-refractivity contribution is 7.89. The van der Waals surface area contributed by atoms with Crippen molar-refractivity contribution in [2.75, 3.05) is 33.2 Å². The maximum absolute atomic E-state index is 13.1. The van der Waals surface area contributed by atoms with Crippen LogP contribution < -0.4 is 10.6 Å². The quantitative estimate of drug-likeness (QED) is 0.713. The minimum Gasteiger partial charge on any atom is -0.351 e. The third-order valence-corrected chi connectivity index (χ3v) is 6.93. The number of carbonyl (C=O) groups excluding carboxylic acids is 1. The molecule has 1 heterocycles. The highest BCUT2D eigenvalue weighted by Gasteiger charge is 2.30. The molecule has 0 unspecified atom stereocenters. The lowest BCUT2D eigenvalue weighted by Crippen LogP contribution is -2.38. The predicted octanol–water partition coefficient (Wildman–Crippen LogP) is 2.10. The van der Waals surface area contributed by atoms with Gasteiger partial charge in [-0.25, -0.2) is 8.42 Å². The van der Waals surface area contributed by atoms with Crippen LogP contribution >= 0.6 is 12.4 Å². The molecule has 8 heteroatoms. The minimum atomic E-state index is -3.58. The molecule has 2 N–H and O–H groups in total. The first-order valence-electron chi connectivity index (χ1n) is 8.81. The molecule has 1 aliphatic rings. The van der Waals surface area contributed by atoms with Gasteiger partial charge >= 0.3 is 0 Å². The van der Waals surface area contributed by atoms with Crippen LogP contribution in [-0.4, -0.2) is 51.9 Å². The number of aryl methyl sites for hydroxylation is 1. The minimum absolute atomic E-state index is 0. The number of rotatable bonds is 6. The van der Waals surface area contributed by atoms with Gasteiger partial charge in [-0.15, -0.1) is 12.4 Å². The van der Waals surface area contributed by atoms with E-state index in [1.54, 1.807) is 17.3 Å². The van der Waals surface area contributed by atoms with Crippen molar-refractivity contribution in [1.82, 2.24) is 14.9 Å². The summed E-state index contributed by atoms with van der Waals surface area (Å²) in [6.07, 6.45) is 1.75. The predicted molar refractivity (Wildman–Crippen MR) is 107 cm³/mol. The van der Waals surface area contributed by atoms with Crippen molar-refractivity contribution in [3.63, 3.8) is 0 Å². The maximum Gasteiger partial charge on any atom is 0.251 e. The maximum atomic E-state index is 13.1. The van der Waals surface area contributed by atoms with E-state index in [0.29, 0.717) is 43.2 Å². The van der Waals surface area contributed by atoms with E-state index in [0.717, 1.165) is 18.4 Å². The molecule has 0 saturated carbocycles. The van der Waals surface area contributed by atoms with Crippen molar-refractivity contribution >= 4 is 28.3 Å². The lowest BCUT2D eigenvalue weighted by atomic mass is 10.0. The van der Waals surface area contributed by atoms with Gasteiger partial charge in [0.05, 0.1) is 4.90 Å². The first-order chi connectivity index (χ1) is 11.8. The topological polar surface area (TPSA) is 78.5 Å². The summed E-state index contributed by atoms with van der Waals surface area (Å²) in [4.78, 5) is 12.6. The number of nitrogens with zero attached hydrogens (tertiary/aromatic N) is 1. The van der Waals surface area contributed by atoms with E-state index in [9.17, 15) is 13.2 Å². The van der Waals surface area contributed by atoms with E-state index in [4.69, 9.17) is 0 Å². The van der Waals surface area contributed by atoms with Gasteiger partial charge in [0, 0.05) is 31.7 Å². The summed E-state index contributed by atoms with van der Waals surface area (Å²) in [5.74, 6) is 0.306. The van der Waals surface area contributed by atoms with E-state index in [2.05, 4.69) is 17.6 Å². The number of hydrogen-bond acceptors (Lipinski definition) is 4. The Bertz CT molecular complexity index is 729. The second-order valence-electron chi connectivity index (χ2n) is 6.86. The molecule has 0 spiro atoms. The summed E-state index contributed by atoms with van der Waals surface area (Å²) in [7, 11) is -1.77. The lowest BCUT2D eigenvalue weighted by Gasteiger charge is -2.30. The van der Waals surface area contributed by atoms with Crippen LogP contribution in [0.25, 0.3) is 0 Å². The molecule has 0 bridgehead atoms. The summed E-state index contributed by atoms with van der Waals surface area (Å²) in [6.45, 7) is 8.03. The molecular formula is C18H30ClN3O3S. The molecule has 6 nitrogen and oxygen atoms in total. The van der Waals surface area contributed by atoms with Crippen molar-refractivity contribution < 1.29 is 13.2 Å². The fraction of sp³-hybridized carbons (Fsp3) is 0.611. The first kappa shape index (κ1) is 22.9. The van der Waals surface area contributed by atoms with Gasteiger partial charge in [0.25, 0.3) is 5.91 Å². The van der Waals surface area contributed by atoms with Crippen LogP contribution in [0.3, 0.4) is 0 Å². The van der Waals surface area contributed by atoms with Crippen LogP contribution in [0.2, 0.25) is 0 Å². The number of likely N-dealkylation sites (N-methyl/N-ethyl adjacent to an activating group) is 1. The van der Waals surface area contributed by atoms with E-state index in [1.807, 2.05) is 14.0 Å². The number of nitrogens with one attached hydrogen (secondary N) is 2. The second-order valence-corrected chi connectivity index (χ2v) is 8.77. The average Bonchev–Trinajstić information content (AvgIpc) is 2.57. The van der Waals surface area contributed by atoms with E-state index in [1.165, 1.54) is 6.07 Å². The molecule has 0 aliphatic carbocycles. The van der Waals surface area contributed by atoms with Crippen LogP contribution in [0.5, 0.6) is 0 Å². The van der Waals surface area contributed by atoms with Crippen LogP contribution in [-0.2, 0) is 10.0 Å². The Balaban J connectivity index is 0.00000338. The van der Waals surface area contributed by atoms with Crippen molar-refractivity contribution in [3.8, 4) is 0 Å². The Morgan fingerprint density at radius 1 is 1.19 bits per heavy atom. The summed E-state index contributed by atoms with van der Waals surface area (Å²) < 4.78 is 27.7. The Morgan fingerprint density at radius 3 is 2.38 bits per heavy atom. The fourth-order valence-electron chi connectivity index (χ4n) is 2.99. The molecule has 0 atom stereocenters. The van der Waals surface area contributed by atoms with Gasteiger partial charge in [-0.3, -0.25) is 4.79 Å². The zero-order chi connectivity index (χ0) is 18.6. The zero-order valence-electron chi connectivity index (χ0n) is 16.0. The molecule has 1 saturated heterocycles. The SMILES string of the molecule is CNCCNC(=O)c1cc(C)c(C)c(S(=O)(=O)N2CCC(C)CC2)c1.Cl. The lowest BCUT2D eigenvalue weighted by molar-refractivity contribution is 0.0954. The number of carbonyl (C=O) groups is 1. The molecule has 1 aliphatic heterocycles. The van der Waals surface area contributed by atoms with Crippen LogP contribution in [0.15, 0.2) is 17.0 Å². The number of amides is 1. The van der Waals surface area contributed by atoms with E-state index in [-0.39, 0.29) is 23.2 Å². The standard InChI is InChI=1S/C18H29N3O3S.ClH/c1-13-5-9-21(10-6-13)25(23,24)17-12-16(11-14(2)15(17)3)18(22)20-8-7-19-4;/h11-13,19H,5-10H2,1-4H3,(H,20,22);1H. The number of sulfonamides is 1. The van der Waals surface area contributed by atoms with Gasteiger partial charge in [-0.05, 0) is 62.9 Å². The molecule has 0 radical (unpaired) electrons. The monoisotopic (exact) mass is 403 g/mol. The number of hydrogen-bond donors (Lipinski definition) is 2. The molecule has 26 heavy (non-hydrogen) atoms. The molecule has 2 rings (SSSR count). The Kier molecular flexibility index (Phi) is 8.53. The smallest absolute Gasteiger partial charge is 0.251 e. The summed E-state index contributed by atoms with van der Waals surface area (Å²) >= 11 is 0. The molecule has 1 aromatic rings.